The van der Waals surface area contributed by atoms with E-state index in [-0.39, 0.29) is 5.91 Å². The summed E-state index contributed by atoms with van der Waals surface area (Å²) in [5.74, 6) is 1.07. The number of methoxy groups -OCH3 is 2. The zero-order valence-electron chi connectivity index (χ0n) is 18.2. The fourth-order valence-electron chi connectivity index (χ4n) is 4.11. The van der Waals surface area contributed by atoms with Crippen LogP contribution in [0.2, 0.25) is 0 Å². The lowest BCUT2D eigenvalue weighted by molar-refractivity contribution is -0.130. The van der Waals surface area contributed by atoms with Crippen LogP contribution in [-0.4, -0.2) is 37.6 Å². The van der Waals surface area contributed by atoms with Gasteiger partial charge in [0.05, 0.1) is 14.2 Å². The Kier molecular flexibility index (Phi) is 6.12. The zero-order valence-corrected chi connectivity index (χ0v) is 18.2. The summed E-state index contributed by atoms with van der Waals surface area (Å²) < 4.78 is 10.5. The van der Waals surface area contributed by atoms with Crippen LogP contribution >= 0.6 is 0 Å². The minimum absolute atomic E-state index is 0.286. The van der Waals surface area contributed by atoms with Crippen LogP contribution in [0, 0.1) is 0 Å². The molecule has 32 heavy (non-hydrogen) atoms. The molecule has 0 bridgehead atoms. The van der Waals surface area contributed by atoms with Crippen molar-refractivity contribution in [3.05, 3.63) is 95.6 Å². The largest absolute Gasteiger partial charge is 0.497 e. The summed E-state index contributed by atoms with van der Waals surface area (Å²) in [6.45, 7) is 0.341. The van der Waals surface area contributed by atoms with Crippen molar-refractivity contribution in [3.8, 4) is 11.5 Å². The van der Waals surface area contributed by atoms with Gasteiger partial charge in [0.2, 0.25) is 0 Å². The molecule has 0 atom stereocenters. The Hall–Kier alpha value is -3.80. The summed E-state index contributed by atoms with van der Waals surface area (Å²) in [6.07, 6.45) is 1.47. The van der Waals surface area contributed by atoms with Gasteiger partial charge in [-0.25, -0.2) is 4.79 Å². The van der Waals surface area contributed by atoms with E-state index in [4.69, 9.17) is 9.47 Å². The Morgan fingerprint density at radius 1 is 0.781 bits per heavy atom. The molecule has 0 saturated carbocycles. The zero-order chi connectivity index (χ0) is 22.6. The first-order valence-corrected chi connectivity index (χ1v) is 10.6. The quantitative estimate of drug-likeness (QED) is 0.546. The van der Waals surface area contributed by atoms with Gasteiger partial charge in [-0.2, -0.15) is 0 Å². The molecule has 3 aromatic carbocycles. The first-order valence-electron chi connectivity index (χ1n) is 10.6. The molecule has 1 fully saturated rings. The number of imide groups is 1. The molecule has 3 aromatic rings. The molecular formula is C26H26N2O4. The molecule has 0 aromatic heterocycles. The maximum Gasteiger partial charge on any atom is 0.325 e. The number of urea groups is 1. The van der Waals surface area contributed by atoms with Crippen molar-refractivity contribution in [1.29, 1.82) is 0 Å². The van der Waals surface area contributed by atoms with Gasteiger partial charge in [0.1, 0.15) is 11.5 Å². The summed E-state index contributed by atoms with van der Waals surface area (Å²) in [4.78, 5) is 28.1. The molecule has 0 unspecified atom stereocenters. The van der Waals surface area contributed by atoms with Crippen molar-refractivity contribution in [1.82, 2.24) is 10.2 Å². The molecule has 0 radical (unpaired) electrons. The smallest absolute Gasteiger partial charge is 0.325 e. The average Bonchev–Trinajstić information content (AvgIpc) is 3.10. The molecule has 6 nitrogen and oxygen atoms in total. The van der Waals surface area contributed by atoms with Crippen LogP contribution in [0.4, 0.5) is 4.79 Å². The number of nitrogens with zero attached hydrogens (tertiary/aromatic N) is 1. The number of carbonyl (C=O) groups excluding carboxylic acids is 2. The second-order valence-corrected chi connectivity index (χ2v) is 7.68. The lowest BCUT2D eigenvalue weighted by Gasteiger charge is -2.28. The van der Waals surface area contributed by atoms with Crippen LogP contribution in [0.25, 0.3) is 0 Å². The third kappa shape index (κ3) is 3.91. The topological polar surface area (TPSA) is 67.9 Å². The highest BCUT2D eigenvalue weighted by atomic mass is 16.5. The number of nitrogens with one attached hydrogen (secondary N) is 1. The Morgan fingerprint density at radius 3 is 1.81 bits per heavy atom. The average molecular weight is 431 g/mol. The van der Waals surface area contributed by atoms with Gasteiger partial charge in [0, 0.05) is 6.54 Å². The molecule has 1 saturated heterocycles. The van der Waals surface area contributed by atoms with Crippen molar-refractivity contribution in [2.24, 2.45) is 0 Å². The van der Waals surface area contributed by atoms with E-state index in [0.29, 0.717) is 35.6 Å². The molecule has 164 valence electrons. The van der Waals surface area contributed by atoms with Crippen molar-refractivity contribution in [3.63, 3.8) is 0 Å². The summed E-state index contributed by atoms with van der Waals surface area (Å²) in [5, 5.41) is 2.98. The van der Waals surface area contributed by atoms with Crippen LogP contribution in [0.15, 0.2) is 78.9 Å². The number of amides is 3. The predicted molar refractivity (Wildman–Crippen MR) is 122 cm³/mol. The van der Waals surface area contributed by atoms with Crippen LogP contribution in [0.3, 0.4) is 0 Å². The van der Waals surface area contributed by atoms with E-state index in [9.17, 15) is 9.59 Å². The summed E-state index contributed by atoms with van der Waals surface area (Å²) in [6, 6.07) is 24.1. The molecule has 1 aliphatic heterocycles. The van der Waals surface area contributed by atoms with E-state index < -0.39 is 11.6 Å². The Bertz CT molecular complexity index is 1030. The molecule has 0 spiro atoms. The summed E-state index contributed by atoms with van der Waals surface area (Å²) in [5.41, 5.74) is 1.22. The fraction of sp³-hybridized carbons (Fsp3) is 0.231. The standard InChI is InChI=1S/C26H26N2O4/c1-31-22-14-10-20(11-15-22)26(21-12-16-23(32-2)17-13-21)24(29)28(25(30)27-26)18-6-9-19-7-4-3-5-8-19/h3-5,7-8,10-17H,6,9,18H2,1-2H3,(H,27,30). The number of carbonyl (C=O) groups is 2. The van der Waals surface area contributed by atoms with Crippen LogP contribution in [0.5, 0.6) is 11.5 Å². The summed E-state index contributed by atoms with van der Waals surface area (Å²) in [7, 11) is 3.18. The molecule has 1 heterocycles. The van der Waals surface area contributed by atoms with Gasteiger partial charge in [0.25, 0.3) is 5.91 Å². The Labute approximate surface area is 187 Å². The van der Waals surface area contributed by atoms with E-state index in [2.05, 4.69) is 5.32 Å². The SMILES string of the molecule is COc1ccc(C2(c3ccc(OC)cc3)NC(=O)N(CCCc3ccccc3)C2=O)cc1. The van der Waals surface area contributed by atoms with Crippen LogP contribution in [-0.2, 0) is 16.8 Å². The van der Waals surface area contributed by atoms with Crippen molar-refractivity contribution >= 4 is 11.9 Å². The van der Waals surface area contributed by atoms with Crippen LogP contribution in [0.1, 0.15) is 23.1 Å². The third-order valence-electron chi connectivity index (χ3n) is 5.84. The first kappa shape index (κ1) is 21.4. The highest BCUT2D eigenvalue weighted by Gasteiger charge is 2.53. The maximum absolute atomic E-state index is 13.8. The van der Waals surface area contributed by atoms with E-state index in [1.54, 1.807) is 38.5 Å². The van der Waals surface area contributed by atoms with Gasteiger partial charge in [-0.3, -0.25) is 9.69 Å². The summed E-state index contributed by atoms with van der Waals surface area (Å²) >= 11 is 0. The number of aryl methyl sites for hydroxylation is 1. The van der Waals surface area contributed by atoms with Gasteiger partial charge in [-0.15, -0.1) is 0 Å². The monoisotopic (exact) mass is 430 g/mol. The normalized spacial score (nSPS) is 14.9. The second-order valence-electron chi connectivity index (χ2n) is 7.68. The predicted octanol–water partition coefficient (Wildman–Crippen LogP) is 4.13. The second kappa shape index (κ2) is 9.14. The molecular weight excluding hydrogens is 404 g/mol. The molecule has 3 amide bonds. The van der Waals surface area contributed by atoms with Crippen LogP contribution < -0.4 is 14.8 Å². The maximum atomic E-state index is 13.8. The van der Waals surface area contributed by atoms with E-state index >= 15 is 0 Å². The minimum atomic E-state index is -1.30. The van der Waals surface area contributed by atoms with Crippen molar-refractivity contribution in [2.75, 3.05) is 20.8 Å². The number of ether oxygens (including phenoxy) is 2. The molecule has 4 rings (SSSR count). The van der Waals surface area contributed by atoms with Gasteiger partial charge >= 0.3 is 6.03 Å². The number of rotatable bonds is 8. The number of hydrogen-bond donors (Lipinski definition) is 1. The number of benzene rings is 3. The Balaban J connectivity index is 1.65. The van der Waals surface area contributed by atoms with E-state index in [1.165, 1.54) is 10.5 Å². The molecule has 1 N–H and O–H groups in total. The lowest BCUT2D eigenvalue weighted by Crippen LogP contribution is -2.45. The van der Waals surface area contributed by atoms with Crippen molar-refractivity contribution < 1.29 is 19.1 Å². The van der Waals surface area contributed by atoms with E-state index in [0.717, 1.165) is 6.42 Å². The fourth-order valence-corrected chi connectivity index (χ4v) is 4.11. The highest BCUT2D eigenvalue weighted by molar-refractivity contribution is 6.09. The minimum Gasteiger partial charge on any atom is -0.497 e. The van der Waals surface area contributed by atoms with Crippen molar-refractivity contribution in [2.45, 2.75) is 18.4 Å². The molecule has 0 aliphatic carbocycles. The Morgan fingerprint density at radius 2 is 1.31 bits per heavy atom. The molecule has 1 aliphatic rings. The first-order chi connectivity index (χ1) is 15.6. The van der Waals surface area contributed by atoms with Gasteiger partial charge in [-0.1, -0.05) is 54.6 Å². The molecule has 6 heteroatoms. The van der Waals surface area contributed by atoms with Gasteiger partial charge in [0.15, 0.2) is 5.54 Å². The number of hydrogen-bond acceptors (Lipinski definition) is 4. The highest BCUT2D eigenvalue weighted by Crippen LogP contribution is 2.37. The lowest BCUT2D eigenvalue weighted by atomic mass is 9.82. The van der Waals surface area contributed by atoms with Gasteiger partial charge in [-0.05, 0) is 53.8 Å². The van der Waals surface area contributed by atoms with Gasteiger partial charge < -0.3 is 14.8 Å². The third-order valence-corrected chi connectivity index (χ3v) is 5.84. The van der Waals surface area contributed by atoms with E-state index in [1.807, 2.05) is 54.6 Å².